The summed E-state index contributed by atoms with van der Waals surface area (Å²) in [7, 11) is 0. The molecule has 0 spiro atoms. The van der Waals surface area contributed by atoms with Gasteiger partial charge in [-0.3, -0.25) is 0 Å². The molecule has 3 rings (SSSR count). The van der Waals surface area contributed by atoms with Crippen molar-refractivity contribution < 1.29 is 0 Å². The number of anilines is 2. The minimum atomic E-state index is 0.260. The summed E-state index contributed by atoms with van der Waals surface area (Å²) in [4.78, 5) is 10.7. The van der Waals surface area contributed by atoms with Gasteiger partial charge >= 0.3 is 0 Å². The summed E-state index contributed by atoms with van der Waals surface area (Å²) in [5.74, 6) is 3.25. The van der Waals surface area contributed by atoms with Gasteiger partial charge in [0.25, 0.3) is 0 Å². The minimum absolute atomic E-state index is 0.260. The molecule has 4 heteroatoms. The van der Waals surface area contributed by atoms with E-state index < -0.39 is 0 Å². The van der Waals surface area contributed by atoms with Gasteiger partial charge < -0.3 is 11.5 Å². The Hall–Kier alpha value is -1.58. The predicted molar refractivity (Wildman–Crippen MR) is 96.5 cm³/mol. The normalized spacial score (nSPS) is 31.7. The summed E-state index contributed by atoms with van der Waals surface area (Å²) in [6.45, 7) is 2.39. The number of nitrogen functional groups attached to an aromatic ring is 2. The van der Waals surface area contributed by atoms with Crippen LogP contribution in [0.4, 0.5) is 17.1 Å². The fourth-order valence-corrected chi connectivity index (χ4v) is 4.74. The maximum Gasteiger partial charge on any atom is 0.133 e. The second kappa shape index (κ2) is 6.90. The molecular formula is C19H29N3O. The topological polar surface area (TPSA) is 81.5 Å². The number of benzene rings is 1. The average molecular weight is 315 g/mol. The molecule has 0 saturated heterocycles. The first-order valence-corrected chi connectivity index (χ1v) is 9.11. The highest BCUT2D eigenvalue weighted by atomic mass is 16.3. The summed E-state index contributed by atoms with van der Waals surface area (Å²) in [5.41, 5.74) is 14.4. The van der Waals surface area contributed by atoms with E-state index in [4.69, 9.17) is 11.5 Å². The summed E-state index contributed by atoms with van der Waals surface area (Å²) in [5, 5.41) is 2.94. The van der Waals surface area contributed by atoms with Crippen molar-refractivity contribution in [2.45, 2.75) is 64.2 Å². The van der Waals surface area contributed by atoms with Crippen molar-refractivity contribution in [1.82, 2.24) is 0 Å². The number of nitrogens with two attached hydrogens (primary N) is 2. The fraction of sp³-hybridized carbons (Fsp3) is 0.684. The van der Waals surface area contributed by atoms with Gasteiger partial charge in [-0.25, -0.2) is 0 Å². The minimum Gasteiger partial charge on any atom is -0.397 e. The summed E-state index contributed by atoms with van der Waals surface area (Å²) < 4.78 is 0. The van der Waals surface area contributed by atoms with Crippen molar-refractivity contribution in [3.63, 3.8) is 0 Å². The zero-order valence-electron chi connectivity index (χ0n) is 14.1. The molecule has 126 valence electrons. The zero-order valence-corrected chi connectivity index (χ0v) is 14.1. The second-order valence-corrected chi connectivity index (χ2v) is 7.72. The van der Waals surface area contributed by atoms with Crippen LogP contribution in [0.3, 0.4) is 0 Å². The van der Waals surface area contributed by atoms with Gasteiger partial charge in [0.2, 0.25) is 0 Å². The Bertz CT molecular complexity index is 556. The van der Waals surface area contributed by atoms with Crippen LogP contribution in [0.25, 0.3) is 0 Å². The van der Waals surface area contributed by atoms with Crippen molar-refractivity contribution in [2.75, 3.05) is 11.5 Å². The highest BCUT2D eigenvalue weighted by molar-refractivity contribution is 5.79. The lowest BCUT2D eigenvalue weighted by molar-refractivity contribution is 0.165. The van der Waals surface area contributed by atoms with Crippen molar-refractivity contribution in [3.05, 3.63) is 22.6 Å². The maximum absolute atomic E-state index is 10.7. The van der Waals surface area contributed by atoms with Crippen LogP contribution in [-0.2, 0) is 0 Å². The first kappa shape index (κ1) is 16.3. The van der Waals surface area contributed by atoms with Gasteiger partial charge in [-0.15, -0.1) is 4.91 Å². The highest BCUT2D eigenvalue weighted by Gasteiger charge is 2.31. The van der Waals surface area contributed by atoms with Crippen LogP contribution in [-0.4, -0.2) is 0 Å². The van der Waals surface area contributed by atoms with E-state index in [1.165, 1.54) is 51.4 Å². The van der Waals surface area contributed by atoms with Gasteiger partial charge in [0, 0.05) is 0 Å². The molecule has 0 bridgehead atoms. The lowest BCUT2D eigenvalue weighted by Gasteiger charge is -2.37. The van der Waals surface area contributed by atoms with E-state index in [1.807, 2.05) is 6.07 Å². The van der Waals surface area contributed by atoms with E-state index in [9.17, 15) is 4.91 Å². The van der Waals surface area contributed by atoms with Gasteiger partial charge in [0.05, 0.1) is 11.4 Å². The van der Waals surface area contributed by atoms with Gasteiger partial charge in [0.15, 0.2) is 0 Å². The van der Waals surface area contributed by atoms with Crippen LogP contribution in [0.15, 0.2) is 17.3 Å². The quantitative estimate of drug-likeness (QED) is 0.582. The Labute approximate surface area is 139 Å². The van der Waals surface area contributed by atoms with Gasteiger partial charge in [-0.1, -0.05) is 25.8 Å². The Kier molecular flexibility index (Phi) is 4.88. The first-order valence-electron chi connectivity index (χ1n) is 9.11. The second-order valence-electron chi connectivity index (χ2n) is 7.72. The molecule has 4 N–H and O–H groups in total. The molecule has 0 heterocycles. The summed E-state index contributed by atoms with van der Waals surface area (Å²) >= 11 is 0. The molecular weight excluding hydrogens is 286 g/mol. The molecule has 0 aromatic heterocycles. The monoisotopic (exact) mass is 315 g/mol. The zero-order chi connectivity index (χ0) is 16.4. The molecule has 0 atom stereocenters. The van der Waals surface area contributed by atoms with Crippen LogP contribution in [0.1, 0.15) is 69.8 Å². The van der Waals surface area contributed by atoms with Crippen molar-refractivity contribution >= 4 is 17.1 Å². The number of rotatable bonds is 3. The molecule has 0 radical (unpaired) electrons. The Morgan fingerprint density at radius 1 is 0.870 bits per heavy atom. The van der Waals surface area contributed by atoms with Crippen molar-refractivity contribution in [2.24, 2.45) is 22.9 Å². The third-order valence-electron chi connectivity index (χ3n) is 6.34. The average Bonchev–Trinajstić information content (AvgIpc) is 2.58. The van der Waals surface area contributed by atoms with Crippen LogP contribution < -0.4 is 11.5 Å². The molecule has 0 unspecified atom stereocenters. The van der Waals surface area contributed by atoms with E-state index >= 15 is 0 Å². The third-order valence-corrected chi connectivity index (χ3v) is 6.34. The number of hydrogen-bond acceptors (Lipinski definition) is 4. The molecule has 2 saturated carbocycles. The smallest absolute Gasteiger partial charge is 0.133 e. The number of hydrogen-bond donors (Lipinski definition) is 2. The lowest BCUT2D eigenvalue weighted by atomic mass is 9.68. The predicted octanol–water partition coefficient (Wildman–Crippen LogP) is 5.35. The van der Waals surface area contributed by atoms with E-state index in [0.29, 0.717) is 17.3 Å². The molecule has 2 fully saturated rings. The van der Waals surface area contributed by atoms with Gasteiger partial charge in [-0.05, 0) is 79.0 Å². The Morgan fingerprint density at radius 2 is 1.43 bits per heavy atom. The standard InChI is InChI=1S/C19H29N3O/c1-12-2-4-13(5-3-12)14-6-8-15(9-7-14)16-10-11-17(22-23)19(21)18(16)20/h10-15H,2-9,20-21H2,1H3. The Morgan fingerprint density at radius 3 is 2.00 bits per heavy atom. The van der Waals surface area contributed by atoms with Crippen LogP contribution >= 0.6 is 0 Å². The van der Waals surface area contributed by atoms with Crippen molar-refractivity contribution in [3.8, 4) is 0 Å². The number of nitroso groups, excluding NO2 is 1. The van der Waals surface area contributed by atoms with Gasteiger partial charge in [-0.2, -0.15) is 0 Å². The van der Waals surface area contributed by atoms with E-state index in [2.05, 4.69) is 12.1 Å². The highest BCUT2D eigenvalue weighted by Crippen LogP contribution is 2.46. The molecule has 4 nitrogen and oxygen atoms in total. The first-order chi connectivity index (χ1) is 11.1. The van der Waals surface area contributed by atoms with E-state index in [-0.39, 0.29) is 5.69 Å². The Balaban J connectivity index is 1.63. The van der Waals surface area contributed by atoms with Crippen LogP contribution in [0.5, 0.6) is 0 Å². The molecule has 2 aliphatic rings. The van der Waals surface area contributed by atoms with E-state index in [0.717, 1.165) is 23.3 Å². The third kappa shape index (κ3) is 3.36. The molecule has 2 aliphatic carbocycles. The molecule has 1 aromatic rings. The van der Waals surface area contributed by atoms with Crippen LogP contribution in [0, 0.1) is 22.7 Å². The fourth-order valence-electron chi connectivity index (χ4n) is 4.74. The molecule has 0 amide bonds. The van der Waals surface area contributed by atoms with Gasteiger partial charge in [0.1, 0.15) is 5.69 Å². The molecule has 23 heavy (non-hydrogen) atoms. The lowest BCUT2D eigenvalue weighted by Crippen LogP contribution is -2.25. The van der Waals surface area contributed by atoms with Crippen molar-refractivity contribution in [1.29, 1.82) is 0 Å². The van der Waals surface area contributed by atoms with E-state index in [1.54, 1.807) is 6.07 Å². The molecule has 1 aromatic carbocycles. The SMILES string of the molecule is CC1CCC(C2CCC(c3ccc(N=O)c(N)c3N)CC2)CC1. The largest absolute Gasteiger partial charge is 0.397 e. The number of nitrogens with zero attached hydrogens (tertiary/aromatic N) is 1. The molecule has 0 aliphatic heterocycles. The summed E-state index contributed by atoms with van der Waals surface area (Å²) in [6.07, 6.45) is 10.6. The maximum atomic E-state index is 10.7. The summed E-state index contributed by atoms with van der Waals surface area (Å²) in [6, 6.07) is 3.67. The van der Waals surface area contributed by atoms with Crippen LogP contribution in [0.2, 0.25) is 0 Å².